The van der Waals surface area contributed by atoms with E-state index in [0.717, 1.165) is 19.6 Å². The molecule has 6 heteroatoms. The van der Waals surface area contributed by atoms with Gasteiger partial charge in [-0.15, -0.1) is 12.4 Å². The number of hydrogen-bond donors (Lipinski definition) is 1. The molecule has 0 aromatic carbocycles. The van der Waals surface area contributed by atoms with Crippen molar-refractivity contribution in [2.45, 2.75) is 82.3 Å². The molecule has 2 heterocycles. The normalized spacial score (nSPS) is 24.6. The van der Waals surface area contributed by atoms with Gasteiger partial charge in [-0.25, -0.2) is 0 Å². The lowest BCUT2D eigenvalue weighted by Gasteiger charge is -2.44. The van der Waals surface area contributed by atoms with Gasteiger partial charge in [-0.2, -0.15) is 0 Å². The van der Waals surface area contributed by atoms with Gasteiger partial charge in [0.15, 0.2) is 0 Å². The Morgan fingerprint density at radius 1 is 1.07 bits per heavy atom. The van der Waals surface area contributed by atoms with Crippen LogP contribution in [0.4, 0.5) is 0 Å². The highest BCUT2D eigenvalue weighted by Gasteiger charge is 2.34. The van der Waals surface area contributed by atoms with Crippen molar-refractivity contribution >= 4 is 18.3 Å². The van der Waals surface area contributed by atoms with Crippen LogP contribution in [0, 0.1) is 0 Å². The highest BCUT2D eigenvalue weighted by molar-refractivity contribution is 5.85. The van der Waals surface area contributed by atoms with E-state index in [9.17, 15) is 4.79 Å². The third-order valence-electron chi connectivity index (χ3n) is 6.99. The van der Waals surface area contributed by atoms with E-state index < -0.39 is 0 Å². The molecule has 0 bridgehead atoms. The third-order valence-corrected chi connectivity index (χ3v) is 6.99. The average Bonchev–Trinajstić information content (AvgIpc) is 2.76. The van der Waals surface area contributed by atoms with E-state index >= 15 is 0 Å². The highest BCUT2D eigenvalue weighted by Crippen LogP contribution is 2.31. The van der Waals surface area contributed by atoms with E-state index in [1.54, 1.807) is 0 Å². The Morgan fingerprint density at radius 2 is 1.72 bits per heavy atom. The standard InChI is InChI=1S/C23H36N4O.ClH/c28-23(18-26-15-14-25-17-22(26)19-8-7-13-24-16-19)27(20-9-3-1-4-10-20)21-11-5-2-6-12-21;/h7-8,13,16,20-22,25H,1-6,9-12,14-15,17-18H2;1H. The largest absolute Gasteiger partial charge is 0.336 e. The van der Waals surface area contributed by atoms with Gasteiger partial charge in [-0.05, 0) is 37.3 Å². The van der Waals surface area contributed by atoms with Crippen molar-refractivity contribution < 1.29 is 4.79 Å². The van der Waals surface area contributed by atoms with Gasteiger partial charge in [0, 0.05) is 50.2 Å². The number of nitrogens with zero attached hydrogens (tertiary/aromatic N) is 3. The predicted molar refractivity (Wildman–Crippen MR) is 119 cm³/mol. The Bertz CT molecular complexity index is 599. The number of nitrogens with one attached hydrogen (secondary N) is 1. The lowest BCUT2D eigenvalue weighted by Crippen LogP contribution is -2.55. The minimum Gasteiger partial charge on any atom is -0.336 e. The molecule has 1 aromatic heterocycles. The molecule has 1 amide bonds. The average molecular weight is 421 g/mol. The Balaban J connectivity index is 0.00000240. The molecule has 1 N–H and O–H groups in total. The zero-order chi connectivity index (χ0) is 19.2. The first kappa shape index (κ1) is 22.5. The van der Waals surface area contributed by atoms with Crippen LogP contribution in [0.25, 0.3) is 0 Å². The number of piperazine rings is 1. The molecule has 2 aliphatic carbocycles. The number of rotatable bonds is 5. The smallest absolute Gasteiger partial charge is 0.237 e. The van der Waals surface area contributed by atoms with Crippen LogP contribution in [0.15, 0.2) is 24.5 Å². The molecule has 162 valence electrons. The maximum Gasteiger partial charge on any atom is 0.237 e. The number of hydrogen-bond acceptors (Lipinski definition) is 4. The van der Waals surface area contributed by atoms with Gasteiger partial charge in [0.05, 0.1) is 6.54 Å². The van der Waals surface area contributed by atoms with E-state index in [0.29, 0.717) is 24.5 Å². The van der Waals surface area contributed by atoms with Crippen molar-refractivity contribution in [3.63, 3.8) is 0 Å². The number of pyridine rings is 1. The first-order chi connectivity index (χ1) is 13.8. The lowest BCUT2D eigenvalue weighted by molar-refractivity contribution is -0.140. The van der Waals surface area contributed by atoms with Gasteiger partial charge in [0.1, 0.15) is 0 Å². The number of aromatic nitrogens is 1. The van der Waals surface area contributed by atoms with Crippen LogP contribution in [0.1, 0.15) is 75.8 Å². The molecule has 2 saturated carbocycles. The minimum atomic E-state index is 0. The second-order valence-electron chi connectivity index (χ2n) is 8.86. The summed E-state index contributed by atoms with van der Waals surface area (Å²) in [5.74, 6) is 0.370. The number of carbonyl (C=O) groups excluding carboxylic acids is 1. The second-order valence-corrected chi connectivity index (χ2v) is 8.86. The van der Waals surface area contributed by atoms with Crippen LogP contribution in [-0.4, -0.2) is 59.0 Å². The molecule has 3 fully saturated rings. The molecular weight excluding hydrogens is 384 g/mol. The Kier molecular flexibility index (Phi) is 8.76. The first-order valence-electron chi connectivity index (χ1n) is 11.5. The van der Waals surface area contributed by atoms with Crippen molar-refractivity contribution in [1.82, 2.24) is 20.1 Å². The third kappa shape index (κ3) is 5.71. The van der Waals surface area contributed by atoms with Crippen molar-refractivity contribution in [3.8, 4) is 0 Å². The summed E-state index contributed by atoms with van der Waals surface area (Å²) in [5.41, 5.74) is 1.21. The van der Waals surface area contributed by atoms with Gasteiger partial charge in [0.25, 0.3) is 0 Å². The maximum absolute atomic E-state index is 13.6. The summed E-state index contributed by atoms with van der Waals surface area (Å²) in [6.45, 7) is 3.32. The second kappa shape index (κ2) is 11.3. The molecule has 1 aliphatic heterocycles. The summed E-state index contributed by atoms with van der Waals surface area (Å²) in [7, 11) is 0. The van der Waals surface area contributed by atoms with Gasteiger partial charge >= 0.3 is 0 Å². The Labute approximate surface area is 182 Å². The molecule has 5 nitrogen and oxygen atoms in total. The van der Waals surface area contributed by atoms with Crippen molar-refractivity contribution in [2.24, 2.45) is 0 Å². The summed E-state index contributed by atoms with van der Waals surface area (Å²) < 4.78 is 0. The number of halogens is 1. The molecule has 29 heavy (non-hydrogen) atoms. The van der Waals surface area contributed by atoms with Gasteiger partial charge in [-0.3, -0.25) is 14.7 Å². The van der Waals surface area contributed by atoms with Gasteiger partial charge < -0.3 is 10.2 Å². The van der Waals surface area contributed by atoms with Gasteiger partial charge in [0.2, 0.25) is 5.91 Å². The summed E-state index contributed by atoms with van der Waals surface area (Å²) in [6, 6.07) is 5.34. The summed E-state index contributed by atoms with van der Waals surface area (Å²) in [4.78, 5) is 22.7. The molecule has 3 aliphatic rings. The molecule has 1 saturated heterocycles. The van der Waals surface area contributed by atoms with E-state index in [4.69, 9.17) is 0 Å². The molecule has 1 atom stereocenters. The van der Waals surface area contributed by atoms with Crippen LogP contribution in [0.3, 0.4) is 0 Å². The van der Waals surface area contributed by atoms with Crippen LogP contribution >= 0.6 is 12.4 Å². The van der Waals surface area contributed by atoms with Crippen LogP contribution < -0.4 is 5.32 Å². The Morgan fingerprint density at radius 3 is 2.31 bits per heavy atom. The van der Waals surface area contributed by atoms with E-state index in [-0.39, 0.29) is 18.4 Å². The first-order valence-corrected chi connectivity index (χ1v) is 11.5. The van der Waals surface area contributed by atoms with E-state index in [2.05, 4.69) is 26.2 Å². The summed E-state index contributed by atoms with van der Waals surface area (Å²) >= 11 is 0. The predicted octanol–water partition coefficient (Wildman–Crippen LogP) is 3.94. The number of carbonyl (C=O) groups is 1. The van der Waals surface area contributed by atoms with Crippen LogP contribution in [-0.2, 0) is 4.79 Å². The highest BCUT2D eigenvalue weighted by atomic mass is 35.5. The quantitative estimate of drug-likeness (QED) is 0.783. The van der Waals surface area contributed by atoms with E-state index in [1.165, 1.54) is 69.8 Å². The molecule has 4 rings (SSSR count). The fourth-order valence-electron chi connectivity index (χ4n) is 5.52. The SMILES string of the molecule is Cl.O=C(CN1CCNCC1c1cccnc1)N(C1CCCCC1)C1CCCCC1. The zero-order valence-corrected chi connectivity index (χ0v) is 18.4. The van der Waals surface area contributed by atoms with Crippen molar-refractivity contribution in [3.05, 3.63) is 30.1 Å². The van der Waals surface area contributed by atoms with E-state index in [1.807, 2.05) is 18.5 Å². The molecule has 1 aromatic rings. The van der Waals surface area contributed by atoms with Gasteiger partial charge in [-0.1, -0.05) is 44.6 Å². The summed E-state index contributed by atoms with van der Waals surface area (Å²) in [5, 5.41) is 3.50. The monoisotopic (exact) mass is 420 g/mol. The molecular formula is C23H37ClN4O. The van der Waals surface area contributed by atoms with Crippen molar-refractivity contribution in [2.75, 3.05) is 26.2 Å². The number of amides is 1. The minimum absolute atomic E-state index is 0. The zero-order valence-electron chi connectivity index (χ0n) is 17.6. The maximum atomic E-state index is 13.6. The fourth-order valence-corrected chi connectivity index (χ4v) is 5.52. The molecule has 0 spiro atoms. The van der Waals surface area contributed by atoms with Crippen LogP contribution in [0.2, 0.25) is 0 Å². The Hall–Kier alpha value is -1.17. The van der Waals surface area contributed by atoms with Crippen molar-refractivity contribution in [1.29, 1.82) is 0 Å². The fraction of sp³-hybridized carbons (Fsp3) is 0.739. The lowest BCUT2D eigenvalue weighted by atomic mass is 9.88. The molecule has 1 unspecified atom stereocenters. The summed E-state index contributed by atoms with van der Waals surface area (Å²) in [6.07, 6.45) is 16.4. The molecule has 0 radical (unpaired) electrons. The van der Waals surface area contributed by atoms with Crippen LogP contribution in [0.5, 0.6) is 0 Å². The topological polar surface area (TPSA) is 48.5 Å².